The first-order valence-electron chi connectivity index (χ1n) is 6.61. The second-order valence-corrected chi connectivity index (χ2v) is 4.66. The molecule has 0 saturated heterocycles. The first-order chi connectivity index (χ1) is 10.2. The summed E-state index contributed by atoms with van der Waals surface area (Å²) in [5, 5.41) is 20.7. The second kappa shape index (κ2) is 5.39. The number of nitrogens with zero attached hydrogens (tertiary/aromatic N) is 4. The smallest absolute Gasteiger partial charge is 0.328 e. The molecule has 1 unspecified atom stereocenters. The van der Waals surface area contributed by atoms with Gasteiger partial charge in [-0.1, -0.05) is 13.3 Å². The molecule has 1 aliphatic heterocycles. The van der Waals surface area contributed by atoms with Gasteiger partial charge in [-0.2, -0.15) is 0 Å². The lowest BCUT2D eigenvalue weighted by Gasteiger charge is -2.13. The van der Waals surface area contributed by atoms with E-state index in [-0.39, 0.29) is 6.79 Å². The summed E-state index contributed by atoms with van der Waals surface area (Å²) in [4.78, 5) is 11.4. The zero-order valence-electron chi connectivity index (χ0n) is 11.4. The zero-order valence-corrected chi connectivity index (χ0v) is 11.4. The van der Waals surface area contributed by atoms with Crippen molar-refractivity contribution in [3.63, 3.8) is 0 Å². The molecule has 0 bridgehead atoms. The number of benzene rings is 1. The third-order valence-electron chi connectivity index (χ3n) is 3.27. The third-order valence-corrected chi connectivity index (χ3v) is 3.27. The lowest BCUT2D eigenvalue weighted by Crippen LogP contribution is -2.21. The summed E-state index contributed by atoms with van der Waals surface area (Å²) >= 11 is 0. The highest BCUT2D eigenvalue weighted by atomic mass is 16.7. The average molecular weight is 290 g/mol. The number of rotatable bonds is 5. The van der Waals surface area contributed by atoms with Crippen LogP contribution in [0.25, 0.3) is 11.4 Å². The molecule has 0 amide bonds. The standard InChI is InChI=1S/C13H14N4O4/c1-2-3-9(13(18)19)17-12(14-15-16-17)8-4-5-10-11(6-8)21-7-20-10/h4-6,9H,2-3,7H2,1H3,(H,18,19). The van der Waals surface area contributed by atoms with E-state index in [4.69, 9.17) is 9.47 Å². The van der Waals surface area contributed by atoms with Crippen molar-refractivity contribution in [2.24, 2.45) is 0 Å². The molecule has 21 heavy (non-hydrogen) atoms. The second-order valence-electron chi connectivity index (χ2n) is 4.66. The van der Waals surface area contributed by atoms with Gasteiger partial charge in [0.1, 0.15) is 0 Å². The largest absolute Gasteiger partial charge is 0.480 e. The number of aliphatic carboxylic acids is 1. The number of carboxylic acids is 1. The first-order valence-corrected chi connectivity index (χ1v) is 6.61. The number of fused-ring (bicyclic) bond motifs is 1. The molecule has 8 heteroatoms. The molecule has 1 N–H and O–H groups in total. The summed E-state index contributed by atoms with van der Waals surface area (Å²) in [6.07, 6.45) is 1.18. The summed E-state index contributed by atoms with van der Waals surface area (Å²) in [6, 6.07) is 4.49. The molecule has 2 heterocycles. The molecule has 2 aromatic rings. The molecule has 0 fully saturated rings. The Morgan fingerprint density at radius 1 is 1.43 bits per heavy atom. The first kappa shape index (κ1) is 13.3. The van der Waals surface area contributed by atoms with Gasteiger partial charge in [-0.15, -0.1) is 5.10 Å². The van der Waals surface area contributed by atoms with E-state index in [1.54, 1.807) is 18.2 Å². The van der Waals surface area contributed by atoms with Crippen LogP contribution in [0.15, 0.2) is 18.2 Å². The number of hydrogen-bond donors (Lipinski definition) is 1. The van der Waals surface area contributed by atoms with Crippen molar-refractivity contribution < 1.29 is 19.4 Å². The Morgan fingerprint density at radius 2 is 2.24 bits per heavy atom. The zero-order chi connectivity index (χ0) is 14.8. The Bertz CT molecular complexity index is 670. The molecule has 0 spiro atoms. The van der Waals surface area contributed by atoms with Gasteiger partial charge < -0.3 is 14.6 Å². The molecule has 110 valence electrons. The number of carbonyl (C=O) groups is 1. The topological polar surface area (TPSA) is 99.4 Å². The van der Waals surface area contributed by atoms with Crippen LogP contribution in [0.4, 0.5) is 0 Å². The number of carboxylic acid groups (broad SMARTS) is 1. The monoisotopic (exact) mass is 290 g/mol. The van der Waals surface area contributed by atoms with Gasteiger partial charge in [-0.25, -0.2) is 9.48 Å². The molecular weight excluding hydrogens is 276 g/mol. The molecule has 1 aromatic heterocycles. The minimum absolute atomic E-state index is 0.178. The van der Waals surface area contributed by atoms with E-state index >= 15 is 0 Å². The summed E-state index contributed by atoms with van der Waals surface area (Å²) in [5.41, 5.74) is 0.687. The van der Waals surface area contributed by atoms with Crippen molar-refractivity contribution in [1.29, 1.82) is 0 Å². The van der Waals surface area contributed by atoms with Crippen LogP contribution in [-0.2, 0) is 4.79 Å². The van der Waals surface area contributed by atoms with Crippen LogP contribution >= 0.6 is 0 Å². The van der Waals surface area contributed by atoms with E-state index in [2.05, 4.69) is 15.5 Å². The van der Waals surface area contributed by atoms with E-state index in [9.17, 15) is 9.90 Å². The molecule has 0 aliphatic carbocycles. The van der Waals surface area contributed by atoms with Crippen molar-refractivity contribution in [2.75, 3.05) is 6.79 Å². The molecule has 1 atom stereocenters. The SMILES string of the molecule is CCCC(C(=O)O)n1nnnc1-c1ccc2c(c1)OCO2. The lowest BCUT2D eigenvalue weighted by molar-refractivity contribution is -0.141. The molecule has 1 aliphatic rings. The van der Waals surface area contributed by atoms with Gasteiger partial charge in [0.15, 0.2) is 23.4 Å². The minimum Gasteiger partial charge on any atom is -0.480 e. The average Bonchev–Trinajstić information content (AvgIpc) is 3.12. The fraction of sp³-hybridized carbons (Fsp3) is 0.385. The Hall–Kier alpha value is -2.64. The van der Waals surface area contributed by atoms with Crippen molar-refractivity contribution in [3.8, 4) is 22.9 Å². The Labute approximate surface area is 120 Å². The third kappa shape index (κ3) is 2.39. The number of hydrogen-bond acceptors (Lipinski definition) is 6. The maximum Gasteiger partial charge on any atom is 0.328 e. The van der Waals surface area contributed by atoms with E-state index in [1.807, 2.05) is 6.92 Å². The maximum absolute atomic E-state index is 11.4. The Morgan fingerprint density at radius 3 is 3.00 bits per heavy atom. The van der Waals surface area contributed by atoms with Crippen molar-refractivity contribution in [1.82, 2.24) is 20.2 Å². The highest BCUT2D eigenvalue weighted by molar-refractivity contribution is 5.73. The molecule has 1 aromatic carbocycles. The molecule has 0 radical (unpaired) electrons. The van der Waals surface area contributed by atoms with E-state index in [1.165, 1.54) is 4.68 Å². The van der Waals surface area contributed by atoms with Gasteiger partial charge >= 0.3 is 5.97 Å². The summed E-state index contributed by atoms with van der Waals surface area (Å²) in [5.74, 6) is 0.700. The predicted octanol–water partition coefficient (Wildman–Crippen LogP) is 1.49. The van der Waals surface area contributed by atoms with Gasteiger partial charge in [-0.05, 0) is 35.0 Å². The highest BCUT2D eigenvalue weighted by Gasteiger charge is 2.25. The van der Waals surface area contributed by atoms with E-state index < -0.39 is 12.0 Å². The fourth-order valence-corrected chi connectivity index (χ4v) is 2.25. The van der Waals surface area contributed by atoms with Gasteiger partial charge in [0.2, 0.25) is 6.79 Å². The Balaban J connectivity index is 2.00. The number of tetrazole rings is 1. The van der Waals surface area contributed by atoms with Gasteiger partial charge in [0.25, 0.3) is 0 Å². The quantitative estimate of drug-likeness (QED) is 0.890. The van der Waals surface area contributed by atoms with Gasteiger partial charge in [0.05, 0.1) is 0 Å². The van der Waals surface area contributed by atoms with Gasteiger partial charge in [0, 0.05) is 5.56 Å². The minimum atomic E-state index is -0.953. The molecule has 8 nitrogen and oxygen atoms in total. The predicted molar refractivity (Wildman–Crippen MR) is 71.0 cm³/mol. The Kier molecular flexibility index (Phi) is 3.43. The molecule has 3 rings (SSSR count). The normalized spacial score (nSPS) is 14.1. The maximum atomic E-state index is 11.4. The molecular formula is C13H14N4O4. The van der Waals surface area contributed by atoms with Crippen LogP contribution in [0.5, 0.6) is 11.5 Å². The fourth-order valence-electron chi connectivity index (χ4n) is 2.25. The van der Waals surface area contributed by atoms with Crippen LogP contribution < -0.4 is 9.47 Å². The van der Waals surface area contributed by atoms with Crippen LogP contribution in [-0.4, -0.2) is 38.1 Å². The van der Waals surface area contributed by atoms with Crippen molar-refractivity contribution in [3.05, 3.63) is 18.2 Å². The van der Waals surface area contributed by atoms with Crippen LogP contribution in [0.3, 0.4) is 0 Å². The van der Waals surface area contributed by atoms with Gasteiger partial charge in [-0.3, -0.25) is 0 Å². The van der Waals surface area contributed by atoms with Crippen molar-refractivity contribution in [2.45, 2.75) is 25.8 Å². The van der Waals surface area contributed by atoms with Crippen LogP contribution in [0, 0.1) is 0 Å². The summed E-state index contributed by atoms with van der Waals surface area (Å²) in [6.45, 7) is 2.10. The highest BCUT2D eigenvalue weighted by Crippen LogP contribution is 2.35. The van der Waals surface area contributed by atoms with Crippen LogP contribution in [0.1, 0.15) is 25.8 Å². The van der Waals surface area contributed by atoms with Crippen LogP contribution in [0.2, 0.25) is 0 Å². The van der Waals surface area contributed by atoms with E-state index in [0.29, 0.717) is 29.3 Å². The summed E-state index contributed by atoms with van der Waals surface area (Å²) < 4.78 is 11.9. The molecule has 0 saturated carbocycles. The van der Waals surface area contributed by atoms with E-state index in [0.717, 1.165) is 6.42 Å². The van der Waals surface area contributed by atoms with Crippen molar-refractivity contribution >= 4 is 5.97 Å². The number of ether oxygens (including phenoxy) is 2. The summed E-state index contributed by atoms with van der Waals surface area (Å²) in [7, 11) is 0. The lowest BCUT2D eigenvalue weighted by atomic mass is 10.1. The number of aromatic nitrogens is 4.